The molecule has 0 saturated heterocycles. The van der Waals surface area contributed by atoms with E-state index in [1.165, 1.54) is 39.7 Å². The van der Waals surface area contributed by atoms with Crippen LogP contribution in [-0.2, 0) is 19.4 Å². The summed E-state index contributed by atoms with van der Waals surface area (Å²) < 4.78 is 0. The molecule has 2 aromatic rings. The summed E-state index contributed by atoms with van der Waals surface area (Å²) in [6.07, 6.45) is 3.49. The summed E-state index contributed by atoms with van der Waals surface area (Å²) >= 11 is 0. The number of aryl methyl sites for hydroxylation is 1. The number of hydrogen-bond donors (Lipinski definition) is 1. The third kappa shape index (κ3) is 1.64. The summed E-state index contributed by atoms with van der Waals surface area (Å²) in [5.74, 6) is 0.506. The topological polar surface area (TPSA) is 38.9 Å². The summed E-state index contributed by atoms with van der Waals surface area (Å²) in [6, 6.07) is 6.51. The second-order valence-corrected chi connectivity index (χ2v) is 5.47. The summed E-state index contributed by atoms with van der Waals surface area (Å²) in [5, 5.41) is 1.27. The zero-order chi connectivity index (χ0) is 12.7. The molecule has 0 bridgehead atoms. The number of pyridine rings is 1. The maximum absolute atomic E-state index is 5.99. The Bertz CT molecular complexity index is 600. The molecule has 0 saturated carbocycles. The highest BCUT2D eigenvalue weighted by Gasteiger charge is 2.20. The molecule has 1 aliphatic rings. The maximum Gasteiger partial charge on any atom is 0.0743 e. The van der Waals surface area contributed by atoms with E-state index in [4.69, 9.17) is 10.7 Å². The van der Waals surface area contributed by atoms with Crippen molar-refractivity contribution in [3.05, 3.63) is 40.6 Å². The predicted molar refractivity (Wildman–Crippen MR) is 75.7 cm³/mol. The van der Waals surface area contributed by atoms with Crippen LogP contribution in [0.1, 0.15) is 48.6 Å². The van der Waals surface area contributed by atoms with Crippen LogP contribution in [0.2, 0.25) is 0 Å². The second-order valence-electron chi connectivity index (χ2n) is 5.47. The highest BCUT2D eigenvalue weighted by molar-refractivity contribution is 5.87. The van der Waals surface area contributed by atoms with Crippen LogP contribution >= 0.6 is 0 Å². The predicted octanol–water partition coefficient (Wildman–Crippen LogP) is 3.31. The molecule has 0 amide bonds. The van der Waals surface area contributed by atoms with Crippen molar-refractivity contribution < 1.29 is 0 Å². The van der Waals surface area contributed by atoms with Gasteiger partial charge < -0.3 is 5.73 Å². The fourth-order valence-corrected chi connectivity index (χ4v) is 3.10. The highest BCUT2D eigenvalue weighted by atomic mass is 14.7. The van der Waals surface area contributed by atoms with Gasteiger partial charge in [-0.05, 0) is 41.9 Å². The quantitative estimate of drug-likeness (QED) is 0.874. The van der Waals surface area contributed by atoms with Crippen molar-refractivity contribution in [3.8, 4) is 0 Å². The largest absolute Gasteiger partial charge is 0.326 e. The van der Waals surface area contributed by atoms with Gasteiger partial charge in [-0.25, -0.2) is 0 Å². The minimum Gasteiger partial charge on any atom is -0.326 e. The molecule has 1 aromatic carbocycles. The van der Waals surface area contributed by atoms with Gasteiger partial charge in [0, 0.05) is 17.6 Å². The first-order valence-corrected chi connectivity index (χ1v) is 6.85. The van der Waals surface area contributed by atoms with Gasteiger partial charge in [0.15, 0.2) is 0 Å². The van der Waals surface area contributed by atoms with Crippen molar-refractivity contribution in [2.75, 3.05) is 0 Å². The van der Waals surface area contributed by atoms with Gasteiger partial charge in [0.2, 0.25) is 0 Å². The summed E-state index contributed by atoms with van der Waals surface area (Å²) in [6.45, 7) is 5.08. The summed E-state index contributed by atoms with van der Waals surface area (Å²) in [5.41, 5.74) is 12.5. The average molecular weight is 240 g/mol. The van der Waals surface area contributed by atoms with Gasteiger partial charge in [-0.3, -0.25) is 4.98 Å². The molecule has 0 unspecified atom stereocenters. The molecule has 1 heterocycles. The number of rotatable bonds is 2. The number of hydrogen-bond acceptors (Lipinski definition) is 2. The zero-order valence-electron chi connectivity index (χ0n) is 11.2. The molecular weight excluding hydrogens is 220 g/mol. The van der Waals surface area contributed by atoms with Crippen molar-refractivity contribution >= 4 is 10.9 Å². The van der Waals surface area contributed by atoms with Gasteiger partial charge in [-0.1, -0.05) is 32.0 Å². The summed E-state index contributed by atoms with van der Waals surface area (Å²) in [4.78, 5) is 4.93. The van der Waals surface area contributed by atoms with Crippen molar-refractivity contribution in [2.24, 2.45) is 5.73 Å². The Morgan fingerprint density at radius 2 is 2.11 bits per heavy atom. The van der Waals surface area contributed by atoms with Crippen molar-refractivity contribution in [3.63, 3.8) is 0 Å². The van der Waals surface area contributed by atoms with Gasteiger partial charge >= 0.3 is 0 Å². The molecule has 0 radical (unpaired) electrons. The van der Waals surface area contributed by atoms with E-state index in [-0.39, 0.29) is 0 Å². The van der Waals surface area contributed by atoms with E-state index >= 15 is 0 Å². The number of benzene rings is 1. The molecule has 94 valence electrons. The fraction of sp³-hybridized carbons (Fsp3) is 0.438. The van der Waals surface area contributed by atoms with Crippen LogP contribution in [-0.4, -0.2) is 4.98 Å². The second kappa shape index (κ2) is 4.36. The average Bonchev–Trinajstić information content (AvgIpc) is 2.82. The third-order valence-electron chi connectivity index (χ3n) is 4.02. The molecule has 0 fully saturated rings. The minimum absolute atomic E-state index is 0.506. The molecule has 18 heavy (non-hydrogen) atoms. The number of nitrogens with two attached hydrogens (primary N) is 1. The zero-order valence-corrected chi connectivity index (χ0v) is 11.2. The van der Waals surface area contributed by atoms with Gasteiger partial charge in [0.1, 0.15) is 0 Å². The van der Waals surface area contributed by atoms with Crippen LogP contribution in [0.25, 0.3) is 10.9 Å². The highest BCUT2D eigenvalue weighted by Crippen LogP contribution is 2.32. The first-order chi connectivity index (χ1) is 8.72. The van der Waals surface area contributed by atoms with Crippen LogP contribution in [0, 0.1) is 0 Å². The van der Waals surface area contributed by atoms with E-state index in [9.17, 15) is 0 Å². The molecule has 0 atom stereocenters. The van der Waals surface area contributed by atoms with Crippen molar-refractivity contribution in [1.29, 1.82) is 0 Å². The van der Waals surface area contributed by atoms with E-state index in [0.717, 1.165) is 12.8 Å². The van der Waals surface area contributed by atoms with Gasteiger partial charge in [0.25, 0.3) is 0 Å². The van der Waals surface area contributed by atoms with Crippen LogP contribution in [0.5, 0.6) is 0 Å². The maximum atomic E-state index is 5.99. The number of fused-ring (bicyclic) bond motifs is 2. The Hall–Kier alpha value is -1.41. The molecule has 3 rings (SSSR count). The molecule has 2 nitrogen and oxygen atoms in total. The first kappa shape index (κ1) is 11.7. The van der Waals surface area contributed by atoms with Crippen molar-refractivity contribution in [2.45, 2.75) is 45.6 Å². The lowest BCUT2D eigenvalue weighted by molar-refractivity contribution is 0.869. The molecule has 0 spiro atoms. The van der Waals surface area contributed by atoms with Crippen LogP contribution in [0.15, 0.2) is 18.2 Å². The Morgan fingerprint density at radius 1 is 1.28 bits per heavy atom. The lowest BCUT2D eigenvalue weighted by Crippen LogP contribution is -2.06. The summed E-state index contributed by atoms with van der Waals surface area (Å²) in [7, 11) is 0. The molecular formula is C16H20N2. The molecule has 2 heteroatoms. The van der Waals surface area contributed by atoms with E-state index < -0.39 is 0 Å². The number of para-hydroxylation sites is 1. The normalized spacial score (nSPS) is 14.4. The molecule has 0 aliphatic heterocycles. The van der Waals surface area contributed by atoms with Gasteiger partial charge in [-0.2, -0.15) is 0 Å². The lowest BCUT2D eigenvalue weighted by Gasteiger charge is -2.15. The third-order valence-corrected chi connectivity index (χ3v) is 4.02. The molecule has 1 aliphatic carbocycles. The first-order valence-electron chi connectivity index (χ1n) is 6.85. The van der Waals surface area contributed by atoms with E-state index in [1.54, 1.807) is 0 Å². The standard InChI is InChI=1S/C16H20N2/c1-10(2)11-5-3-7-13-14(9-17)12-6-4-8-15(12)18-16(11)13/h3,5,7,10H,4,6,8-9,17H2,1-2H3. The van der Waals surface area contributed by atoms with E-state index in [2.05, 4.69) is 32.0 Å². The monoisotopic (exact) mass is 240 g/mol. The Kier molecular flexibility index (Phi) is 2.83. The van der Waals surface area contributed by atoms with E-state index in [0.29, 0.717) is 12.5 Å². The fourth-order valence-electron chi connectivity index (χ4n) is 3.10. The van der Waals surface area contributed by atoms with E-state index in [1.807, 2.05) is 0 Å². The number of aromatic nitrogens is 1. The number of nitrogens with zero attached hydrogens (tertiary/aromatic N) is 1. The smallest absolute Gasteiger partial charge is 0.0743 e. The lowest BCUT2D eigenvalue weighted by atomic mass is 9.95. The van der Waals surface area contributed by atoms with Crippen molar-refractivity contribution in [1.82, 2.24) is 4.98 Å². The van der Waals surface area contributed by atoms with Crippen LogP contribution in [0.4, 0.5) is 0 Å². The Balaban J connectivity index is 2.38. The SMILES string of the molecule is CC(C)c1cccc2c(CN)c3c(nc12)CCC3. The van der Waals surface area contributed by atoms with Crippen LogP contribution < -0.4 is 5.73 Å². The van der Waals surface area contributed by atoms with Gasteiger partial charge in [0.05, 0.1) is 5.52 Å². The van der Waals surface area contributed by atoms with Gasteiger partial charge in [-0.15, -0.1) is 0 Å². The molecule has 1 aromatic heterocycles. The Morgan fingerprint density at radius 3 is 2.83 bits per heavy atom. The minimum atomic E-state index is 0.506. The van der Waals surface area contributed by atoms with Crippen LogP contribution in [0.3, 0.4) is 0 Å². The molecule has 2 N–H and O–H groups in total. The Labute approximate surface area is 108 Å².